The Bertz CT molecular complexity index is 401. The molecule has 19 heavy (non-hydrogen) atoms. The van der Waals surface area contributed by atoms with Crippen molar-refractivity contribution in [3.63, 3.8) is 0 Å². The predicted octanol–water partition coefficient (Wildman–Crippen LogP) is 2.36. The molecule has 108 valence electrons. The third-order valence-electron chi connectivity index (χ3n) is 2.73. The SMILES string of the molecule is CCOc1ncnc(NCC(N)CC(C)(C)C)c1C. The van der Waals surface area contributed by atoms with Gasteiger partial charge in [0.15, 0.2) is 0 Å². The van der Waals surface area contributed by atoms with Gasteiger partial charge in [0, 0.05) is 12.6 Å². The Kier molecular flexibility index (Phi) is 5.54. The van der Waals surface area contributed by atoms with E-state index in [0.29, 0.717) is 19.0 Å². The first kappa shape index (κ1) is 15.7. The number of hydrogen-bond donors (Lipinski definition) is 2. The lowest BCUT2D eigenvalue weighted by atomic mass is 9.88. The smallest absolute Gasteiger partial charge is 0.221 e. The highest BCUT2D eigenvalue weighted by Gasteiger charge is 2.16. The fraction of sp³-hybridized carbons (Fsp3) is 0.714. The molecule has 0 aromatic carbocycles. The first-order valence-electron chi connectivity index (χ1n) is 6.77. The van der Waals surface area contributed by atoms with Crippen LogP contribution in [0.1, 0.15) is 39.7 Å². The zero-order valence-electron chi connectivity index (χ0n) is 12.7. The van der Waals surface area contributed by atoms with Crippen LogP contribution in [-0.2, 0) is 0 Å². The summed E-state index contributed by atoms with van der Waals surface area (Å²) >= 11 is 0. The number of ether oxygens (including phenoxy) is 1. The molecule has 3 N–H and O–H groups in total. The molecular formula is C14H26N4O. The van der Waals surface area contributed by atoms with Crippen molar-refractivity contribution in [1.82, 2.24) is 9.97 Å². The summed E-state index contributed by atoms with van der Waals surface area (Å²) in [5.74, 6) is 1.42. The molecule has 5 heteroatoms. The molecule has 0 spiro atoms. The molecule has 0 aliphatic carbocycles. The van der Waals surface area contributed by atoms with Crippen molar-refractivity contribution in [3.05, 3.63) is 11.9 Å². The summed E-state index contributed by atoms with van der Waals surface area (Å²) < 4.78 is 5.44. The maximum absolute atomic E-state index is 6.12. The summed E-state index contributed by atoms with van der Waals surface area (Å²) in [6, 6.07) is 0.102. The van der Waals surface area contributed by atoms with Crippen molar-refractivity contribution >= 4 is 5.82 Å². The van der Waals surface area contributed by atoms with Crippen LogP contribution in [0, 0.1) is 12.3 Å². The highest BCUT2D eigenvalue weighted by Crippen LogP contribution is 2.22. The van der Waals surface area contributed by atoms with Crippen LogP contribution in [0.2, 0.25) is 0 Å². The average Bonchev–Trinajstić information content (AvgIpc) is 2.28. The molecule has 0 amide bonds. The highest BCUT2D eigenvalue weighted by molar-refractivity contribution is 5.47. The lowest BCUT2D eigenvalue weighted by molar-refractivity contribution is 0.323. The van der Waals surface area contributed by atoms with E-state index >= 15 is 0 Å². The highest BCUT2D eigenvalue weighted by atomic mass is 16.5. The van der Waals surface area contributed by atoms with Crippen LogP contribution in [0.25, 0.3) is 0 Å². The topological polar surface area (TPSA) is 73.1 Å². The van der Waals surface area contributed by atoms with Crippen molar-refractivity contribution in [2.45, 2.75) is 47.1 Å². The largest absolute Gasteiger partial charge is 0.478 e. The Hall–Kier alpha value is -1.36. The number of rotatable bonds is 6. The summed E-state index contributed by atoms with van der Waals surface area (Å²) in [7, 11) is 0. The van der Waals surface area contributed by atoms with Gasteiger partial charge in [-0.2, -0.15) is 0 Å². The number of hydrogen-bond acceptors (Lipinski definition) is 5. The van der Waals surface area contributed by atoms with Crippen LogP contribution < -0.4 is 15.8 Å². The first-order valence-corrected chi connectivity index (χ1v) is 6.77. The predicted molar refractivity (Wildman–Crippen MR) is 78.5 cm³/mol. The minimum absolute atomic E-state index is 0.102. The van der Waals surface area contributed by atoms with E-state index < -0.39 is 0 Å². The zero-order valence-corrected chi connectivity index (χ0v) is 12.7. The summed E-state index contributed by atoms with van der Waals surface area (Å²) in [5.41, 5.74) is 7.28. The van der Waals surface area contributed by atoms with Crippen molar-refractivity contribution in [1.29, 1.82) is 0 Å². The third-order valence-corrected chi connectivity index (χ3v) is 2.73. The number of anilines is 1. The van der Waals surface area contributed by atoms with Crippen LogP contribution in [0.5, 0.6) is 5.88 Å². The standard InChI is InChI=1S/C14H26N4O/c1-6-19-13-10(2)12(17-9-18-13)16-8-11(15)7-14(3,4)5/h9,11H,6-8,15H2,1-5H3,(H,16,17,18). The van der Waals surface area contributed by atoms with Crippen LogP contribution in [0.4, 0.5) is 5.82 Å². The van der Waals surface area contributed by atoms with Crippen LogP contribution in [-0.4, -0.2) is 29.2 Å². The number of aromatic nitrogens is 2. The molecule has 1 unspecified atom stereocenters. The van der Waals surface area contributed by atoms with E-state index in [1.807, 2.05) is 13.8 Å². The maximum Gasteiger partial charge on any atom is 0.221 e. The van der Waals surface area contributed by atoms with E-state index in [-0.39, 0.29) is 11.5 Å². The van der Waals surface area contributed by atoms with Gasteiger partial charge in [0.05, 0.1) is 12.2 Å². The van der Waals surface area contributed by atoms with E-state index in [1.54, 1.807) is 0 Å². The minimum atomic E-state index is 0.102. The van der Waals surface area contributed by atoms with Gasteiger partial charge in [0.1, 0.15) is 12.1 Å². The fourth-order valence-electron chi connectivity index (χ4n) is 1.98. The van der Waals surface area contributed by atoms with Crippen LogP contribution in [0.3, 0.4) is 0 Å². The molecular weight excluding hydrogens is 240 g/mol. The van der Waals surface area contributed by atoms with Gasteiger partial charge in [-0.25, -0.2) is 9.97 Å². The van der Waals surface area contributed by atoms with E-state index in [1.165, 1.54) is 6.33 Å². The maximum atomic E-state index is 6.12. The van der Waals surface area contributed by atoms with Crippen molar-refractivity contribution in [2.75, 3.05) is 18.5 Å². The Morgan fingerprint density at radius 1 is 1.37 bits per heavy atom. The van der Waals surface area contributed by atoms with E-state index in [0.717, 1.165) is 17.8 Å². The van der Waals surface area contributed by atoms with Crippen molar-refractivity contribution in [3.8, 4) is 5.88 Å². The van der Waals surface area contributed by atoms with Crippen molar-refractivity contribution < 1.29 is 4.74 Å². The molecule has 1 aromatic rings. The second-order valence-corrected chi connectivity index (χ2v) is 5.99. The molecule has 5 nitrogen and oxygen atoms in total. The Morgan fingerprint density at radius 3 is 2.63 bits per heavy atom. The molecule has 0 aliphatic rings. The van der Waals surface area contributed by atoms with Gasteiger partial charge in [-0.3, -0.25) is 0 Å². The third kappa shape index (κ3) is 5.42. The summed E-state index contributed by atoms with van der Waals surface area (Å²) in [6.45, 7) is 11.7. The zero-order chi connectivity index (χ0) is 14.5. The van der Waals surface area contributed by atoms with Gasteiger partial charge in [0.25, 0.3) is 0 Å². The summed E-state index contributed by atoms with van der Waals surface area (Å²) in [6.07, 6.45) is 2.47. The molecule has 0 fully saturated rings. The van der Waals surface area contributed by atoms with E-state index in [4.69, 9.17) is 10.5 Å². The van der Waals surface area contributed by atoms with Gasteiger partial charge in [-0.15, -0.1) is 0 Å². The van der Waals surface area contributed by atoms with Crippen LogP contribution in [0.15, 0.2) is 6.33 Å². The Morgan fingerprint density at radius 2 is 2.05 bits per heavy atom. The second-order valence-electron chi connectivity index (χ2n) is 5.99. The molecule has 1 aromatic heterocycles. The normalized spacial score (nSPS) is 13.2. The number of nitrogens with two attached hydrogens (primary N) is 1. The van der Waals surface area contributed by atoms with Gasteiger partial charge in [-0.05, 0) is 25.7 Å². The summed E-state index contributed by atoms with van der Waals surface area (Å²) in [4.78, 5) is 8.34. The molecule has 0 saturated heterocycles. The fourth-order valence-corrected chi connectivity index (χ4v) is 1.98. The molecule has 1 atom stereocenters. The minimum Gasteiger partial charge on any atom is -0.478 e. The van der Waals surface area contributed by atoms with Gasteiger partial charge in [0.2, 0.25) is 5.88 Å². The Balaban J connectivity index is 2.60. The lowest BCUT2D eigenvalue weighted by Gasteiger charge is -2.23. The lowest BCUT2D eigenvalue weighted by Crippen LogP contribution is -2.33. The molecule has 0 bridgehead atoms. The second kappa shape index (κ2) is 6.70. The van der Waals surface area contributed by atoms with Gasteiger partial charge >= 0.3 is 0 Å². The van der Waals surface area contributed by atoms with Gasteiger partial charge < -0.3 is 15.8 Å². The molecule has 1 heterocycles. The summed E-state index contributed by atoms with van der Waals surface area (Å²) in [5, 5.41) is 3.28. The number of nitrogens with zero attached hydrogens (tertiary/aromatic N) is 2. The van der Waals surface area contributed by atoms with Gasteiger partial charge in [-0.1, -0.05) is 20.8 Å². The van der Waals surface area contributed by atoms with Crippen molar-refractivity contribution in [2.24, 2.45) is 11.1 Å². The molecule has 0 saturated carbocycles. The quantitative estimate of drug-likeness (QED) is 0.827. The van der Waals surface area contributed by atoms with E-state index in [9.17, 15) is 0 Å². The molecule has 0 radical (unpaired) electrons. The number of nitrogens with one attached hydrogen (secondary N) is 1. The van der Waals surface area contributed by atoms with E-state index in [2.05, 4.69) is 36.1 Å². The molecule has 1 rings (SSSR count). The first-order chi connectivity index (χ1) is 8.83. The van der Waals surface area contributed by atoms with Crippen LogP contribution >= 0.6 is 0 Å². The monoisotopic (exact) mass is 266 g/mol. The average molecular weight is 266 g/mol. The molecule has 0 aliphatic heterocycles. The Labute approximate surface area is 116 Å².